The van der Waals surface area contributed by atoms with Gasteiger partial charge in [-0.2, -0.15) is 0 Å². The minimum Gasteiger partial charge on any atom is -0.489 e. The number of aliphatic imine (C=N–C) groups is 1. The molecule has 2 rings (SSSR count). The Labute approximate surface area is 222 Å². The standard InChI is InChI=1S/C26H33Cl2N3O5/c1-25(2,3)35-23(32)30-22(29-7)31(24(33)36-26(4,5)6)15-17-10-8-12-19(14-17)34-16-18-11-9-13-20(27)21(18)28/h8-14H,15-16H2,1-7H3,(H,29,30,32). The Balaban J connectivity index is 2.29. The van der Waals surface area contributed by atoms with Crippen LogP contribution >= 0.6 is 23.2 Å². The molecule has 0 aliphatic carbocycles. The van der Waals surface area contributed by atoms with Gasteiger partial charge in [0.1, 0.15) is 23.6 Å². The summed E-state index contributed by atoms with van der Waals surface area (Å²) in [5, 5.41) is 3.68. The molecule has 2 aromatic carbocycles. The molecule has 0 unspecified atom stereocenters. The zero-order valence-corrected chi connectivity index (χ0v) is 23.2. The van der Waals surface area contributed by atoms with Gasteiger partial charge in [-0.25, -0.2) is 14.5 Å². The van der Waals surface area contributed by atoms with E-state index < -0.39 is 23.4 Å². The van der Waals surface area contributed by atoms with Crippen molar-refractivity contribution in [2.75, 3.05) is 7.05 Å². The molecule has 0 fully saturated rings. The Hall–Kier alpha value is -2.97. The number of hydrogen-bond donors (Lipinski definition) is 1. The average Bonchev–Trinajstić information content (AvgIpc) is 2.75. The van der Waals surface area contributed by atoms with Gasteiger partial charge in [-0.1, -0.05) is 47.5 Å². The maximum absolute atomic E-state index is 13.1. The Morgan fingerprint density at radius 1 is 0.972 bits per heavy atom. The maximum atomic E-state index is 13.1. The zero-order valence-electron chi connectivity index (χ0n) is 21.6. The van der Waals surface area contributed by atoms with Crippen molar-refractivity contribution in [2.45, 2.75) is 65.9 Å². The number of carbonyl (C=O) groups excluding carboxylic acids is 2. The van der Waals surface area contributed by atoms with Gasteiger partial charge in [0.05, 0.1) is 16.6 Å². The van der Waals surface area contributed by atoms with Crippen LogP contribution in [0.5, 0.6) is 5.75 Å². The lowest BCUT2D eigenvalue weighted by Gasteiger charge is -2.28. The van der Waals surface area contributed by atoms with E-state index in [0.29, 0.717) is 21.4 Å². The van der Waals surface area contributed by atoms with E-state index in [1.807, 2.05) is 12.1 Å². The number of nitrogens with zero attached hydrogens (tertiary/aromatic N) is 2. The maximum Gasteiger partial charge on any atom is 0.437 e. The Morgan fingerprint density at radius 3 is 2.22 bits per heavy atom. The molecule has 0 aliphatic heterocycles. The molecule has 2 amide bonds. The van der Waals surface area contributed by atoms with Crippen molar-refractivity contribution in [3.63, 3.8) is 0 Å². The zero-order chi connectivity index (χ0) is 27.1. The topological polar surface area (TPSA) is 89.5 Å². The second kappa shape index (κ2) is 12.3. The smallest absolute Gasteiger partial charge is 0.437 e. The molecule has 2 aromatic rings. The van der Waals surface area contributed by atoms with Gasteiger partial charge in [-0.15, -0.1) is 4.99 Å². The molecular weight excluding hydrogens is 505 g/mol. The molecule has 0 bridgehead atoms. The lowest BCUT2D eigenvalue weighted by molar-refractivity contribution is 0.0352. The first-order valence-corrected chi connectivity index (χ1v) is 12.1. The van der Waals surface area contributed by atoms with Gasteiger partial charge >= 0.3 is 12.2 Å². The van der Waals surface area contributed by atoms with Crippen LogP contribution in [0.25, 0.3) is 0 Å². The Bertz CT molecular complexity index is 1110. The van der Waals surface area contributed by atoms with Gasteiger partial charge in [-0.3, -0.25) is 0 Å². The first kappa shape index (κ1) is 29.3. The fraction of sp³-hybridized carbons (Fsp3) is 0.423. The molecule has 0 saturated carbocycles. The number of amides is 2. The predicted molar refractivity (Wildman–Crippen MR) is 142 cm³/mol. The lowest BCUT2D eigenvalue weighted by Crippen LogP contribution is -2.46. The Morgan fingerprint density at radius 2 is 1.61 bits per heavy atom. The molecule has 0 atom stereocenters. The summed E-state index contributed by atoms with van der Waals surface area (Å²) in [5.74, 6) is 0.540. The van der Waals surface area contributed by atoms with E-state index in [4.69, 9.17) is 37.4 Å². The molecule has 1 N–H and O–H groups in total. The van der Waals surface area contributed by atoms with Crippen molar-refractivity contribution in [3.8, 4) is 5.75 Å². The number of benzene rings is 2. The number of carbonyl (C=O) groups is 2. The molecule has 0 aromatic heterocycles. The number of hydrogen-bond acceptors (Lipinski definition) is 5. The van der Waals surface area contributed by atoms with Crippen molar-refractivity contribution in [1.29, 1.82) is 0 Å². The third-order valence-corrected chi connectivity index (χ3v) is 5.21. The van der Waals surface area contributed by atoms with E-state index in [1.54, 1.807) is 78.9 Å². The second-order valence-electron chi connectivity index (χ2n) is 9.88. The number of nitrogens with one attached hydrogen (secondary N) is 1. The van der Waals surface area contributed by atoms with Crippen LogP contribution in [0.2, 0.25) is 10.0 Å². The number of guanidine groups is 1. The van der Waals surface area contributed by atoms with Gasteiger partial charge < -0.3 is 19.5 Å². The third-order valence-electron chi connectivity index (χ3n) is 4.35. The molecular formula is C26H33Cl2N3O5. The van der Waals surface area contributed by atoms with Crippen LogP contribution in [0.4, 0.5) is 9.59 Å². The third kappa shape index (κ3) is 9.59. The molecule has 0 aliphatic rings. The SMILES string of the molecule is CN/C(=N/C(=O)OC(C)(C)C)N(Cc1cccc(OCc2cccc(Cl)c2Cl)c1)C(=O)OC(C)(C)C. The average molecular weight is 538 g/mol. The monoisotopic (exact) mass is 537 g/mol. The van der Waals surface area contributed by atoms with E-state index in [2.05, 4.69) is 10.3 Å². The molecule has 8 nitrogen and oxygen atoms in total. The summed E-state index contributed by atoms with van der Waals surface area (Å²) < 4.78 is 16.7. The lowest BCUT2D eigenvalue weighted by atomic mass is 10.2. The fourth-order valence-electron chi connectivity index (χ4n) is 2.90. The quantitative estimate of drug-likeness (QED) is 0.332. The van der Waals surface area contributed by atoms with E-state index in [9.17, 15) is 9.59 Å². The van der Waals surface area contributed by atoms with Gasteiger partial charge in [0.2, 0.25) is 5.96 Å². The number of rotatable bonds is 5. The molecule has 196 valence electrons. The highest BCUT2D eigenvalue weighted by Gasteiger charge is 2.27. The highest BCUT2D eigenvalue weighted by Crippen LogP contribution is 2.27. The minimum atomic E-state index is -0.837. The summed E-state index contributed by atoms with van der Waals surface area (Å²) in [4.78, 5) is 30.6. The van der Waals surface area contributed by atoms with Gasteiger partial charge in [-0.05, 0) is 65.3 Å². The Kier molecular flexibility index (Phi) is 10.0. The van der Waals surface area contributed by atoms with E-state index in [0.717, 1.165) is 5.56 Å². The van der Waals surface area contributed by atoms with Crippen LogP contribution in [0.1, 0.15) is 52.7 Å². The highest BCUT2D eigenvalue weighted by molar-refractivity contribution is 6.42. The molecule has 0 spiro atoms. The van der Waals surface area contributed by atoms with Crippen molar-refractivity contribution in [2.24, 2.45) is 4.99 Å². The van der Waals surface area contributed by atoms with E-state index in [1.165, 1.54) is 4.90 Å². The summed E-state index contributed by atoms with van der Waals surface area (Å²) in [5.41, 5.74) is -0.0516. The van der Waals surface area contributed by atoms with Crippen LogP contribution in [0.3, 0.4) is 0 Å². The second-order valence-corrected chi connectivity index (χ2v) is 10.7. The van der Waals surface area contributed by atoms with E-state index in [-0.39, 0.29) is 19.1 Å². The summed E-state index contributed by atoms with van der Waals surface area (Å²) in [6, 6.07) is 12.5. The van der Waals surface area contributed by atoms with Crippen LogP contribution in [-0.4, -0.2) is 41.3 Å². The molecule has 0 radical (unpaired) electrons. The van der Waals surface area contributed by atoms with Crippen LogP contribution in [0.15, 0.2) is 47.5 Å². The van der Waals surface area contributed by atoms with Crippen molar-refractivity contribution in [1.82, 2.24) is 10.2 Å². The molecule has 10 heteroatoms. The fourth-order valence-corrected chi connectivity index (χ4v) is 3.28. The number of ether oxygens (including phenoxy) is 3. The first-order valence-electron chi connectivity index (χ1n) is 11.3. The van der Waals surface area contributed by atoms with Crippen LogP contribution in [-0.2, 0) is 22.6 Å². The molecule has 36 heavy (non-hydrogen) atoms. The minimum absolute atomic E-state index is 0.0180. The summed E-state index contributed by atoms with van der Waals surface area (Å²) in [7, 11) is 1.55. The summed E-state index contributed by atoms with van der Waals surface area (Å²) >= 11 is 12.3. The first-order chi connectivity index (χ1) is 16.7. The number of halogens is 2. The van der Waals surface area contributed by atoms with Gasteiger partial charge in [0, 0.05) is 12.6 Å². The highest BCUT2D eigenvalue weighted by atomic mass is 35.5. The van der Waals surface area contributed by atoms with Crippen LogP contribution < -0.4 is 10.1 Å². The van der Waals surface area contributed by atoms with Crippen molar-refractivity contribution >= 4 is 41.3 Å². The summed E-state index contributed by atoms with van der Waals surface area (Å²) in [6.45, 7) is 10.7. The van der Waals surface area contributed by atoms with Gasteiger partial charge in [0.25, 0.3) is 0 Å². The van der Waals surface area contributed by atoms with E-state index >= 15 is 0 Å². The van der Waals surface area contributed by atoms with Gasteiger partial charge in [0.15, 0.2) is 0 Å². The predicted octanol–water partition coefficient (Wildman–Crippen LogP) is 6.82. The normalized spacial score (nSPS) is 12.1. The molecule has 0 saturated heterocycles. The summed E-state index contributed by atoms with van der Waals surface area (Å²) in [6.07, 6.45) is -1.52. The largest absolute Gasteiger partial charge is 0.489 e. The van der Waals surface area contributed by atoms with Crippen molar-refractivity contribution in [3.05, 3.63) is 63.6 Å². The van der Waals surface area contributed by atoms with Crippen LogP contribution in [0, 0.1) is 0 Å². The van der Waals surface area contributed by atoms with Crippen molar-refractivity contribution < 1.29 is 23.8 Å². The molecule has 0 heterocycles.